The SMILES string of the molecule is CCN(CC)S(=O)(=O)c1cccc(C(=O)O[C@@H](C)C(=O)N2CCc3ccccc32)c1. The molecule has 7 nitrogen and oxygen atoms in total. The van der Waals surface area contributed by atoms with E-state index in [2.05, 4.69) is 0 Å². The third kappa shape index (κ3) is 4.24. The molecule has 160 valence electrons. The summed E-state index contributed by atoms with van der Waals surface area (Å²) in [5.41, 5.74) is 2.00. The summed E-state index contributed by atoms with van der Waals surface area (Å²) >= 11 is 0. The van der Waals surface area contributed by atoms with E-state index in [4.69, 9.17) is 4.74 Å². The van der Waals surface area contributed by atoms with E-state index in [-0.39, 0.29) is 16.4 Å². The molecule has 0 aromatic heterocycles. The van der Waals surface area contributed by atoms with E-state index in [1.807, 2.05) is 24.3 Å². The van der Waals surface area contributed by atoms with Crippen LogP contribution in [0.15, 0.2) is 53.4 Å². The highest BCUT2D eigenvalue weighted by molar-refractivity contribution is 7.89. The number of hydrogen-bond acceptors (Lipinski definition) is 5. The normalized spacial score (nSPS) is 14.5. The Balaban J connectivity index is 1.74. The first-order valence-electron chi connectivity index (χ1n) is 10.00. The van der Waals surface area contributed by atoms with Crippen molar-refractivity contribution in [1.29, 1.82) is 0 Å². The minimum absolute atomic E-state index is 0.0214. The number of sulfonamides is 1. The number of benzene rings is 2. The van der Waals surface area contributed by atoms with Crippen molar-refractivity contribution in [2.75, 3.05) is 24.5 Å². The van der Waals surface area contributed by atoms with Crippen LogP contribution in [0.4, 0.5) is 5.69 Å². The topological polar surface area (TPSA) is 84.0 Å². The van der Waals surface area contributed by atoms with Crippen LogP contribution in [0.1, 0.15) is 36.7 Å². The van der Waals surface area contributed by atoms with Gasteiger partial charge in [-0.15, -0.1) is 0 Å². The molecule has 0 N–H and O–H groups in total. The van der Waals surface area contributed by atoms with Gasteiger partial charge in [0.2, 0.25) is 10.0 Å². The predicted molar refractivity (Wildman–Crippen MR) is 114 cm³/mol. The van der Waals surface area contributed by atoms with Gasteiger partial charge in [0.15, 0.2) is 6.10 Å². The fourth-order valence-electron chi connectivity index (χ4n) is 3.56. The molecule has 1 aliphatic heterocycles. The van der Waals surface area contributed by atoms with Gasteiger partial charge in [-0.1, -0.05) is 38.1 Å². The van der Waals surface area contributed by atoms with E-state index in [0.29, 0.717) is 19.6 Å². The van der Waals surface area contributed by atoms with Gasteiger partial charge in [-0.3, -0.25) is 4.79 Å². The number of rotatable bonds is 7. The van der Waals surface area contributed by atoms with E-state index in [0.717, 1.165) is 17.7 Å². The Labute approximate surface area is 177 Å². The zero-order valence-corrected chi connectivity index (χ0v) is 18.2. The number of fused-ring (bicyclic) bond motifs is 1. The van der Waals surface area contributed by atoms with Gasteiger partial charge < -0.3 is 9.64 Å². The molecule has 2 aromatic rings. The molecular weight excluding hydrogens is 404 g/mol. The molecule has 0 radical (unpaired) electrons. The van der Waals surface area contributed by atoms with Crippen molar-refractivity contribution >= 4 is 27.6 Å². The van der Waals surface area contributed by atoms with Gasteiger partial charge in [0.1, 0.15) is 0 Å². The Morgan fingerprint density at radius 1 is 1.10 bits per heavy atom. The number of hydrogen-bond donors (Lipinski definition) is 0. The van der Waals surface area contributed by atoms with E-state index in [1.165, 1.54) is 35.5 Å². The number of para-hydroxylation sites is 1. The van der Waals surface area contributed by atoms with Gasteiger partial charge in [0.25, 0.3) is 5.91 Å². The summed E-state index contributed by atoms with van der Waals surface area (Å²) < 4.78 is 32.1. The number of amides is 1. The number of anilines is 1. The minimum atomic E-state index is -3.70. The van der Waals surface area contributed by atoms with Crippen molar-refractivity contribution in [1.82, 2.24) is 4.31 Å². The largest absolute Gasteiger partial charge is 0.449 e. The Kier molecular flexibility index (Phi) is 6.58. The lowest BCUT2D eigenvalue weighted by atomic mass is 10.2. The molecule has 30 heavy (non-hydrogen) atoms. The molecule has 0 bridgehead atoms. The van der Waals surface area contributed by atoms with Crippen molar-refractivity contribution in [2.45, 2.75) is 38.2 Å². The lowest BCUT2D eigenvalue weighted by molar-refractivity contribution is -0.126. The molecule has 8 heteroatoms. The van der Waals surface area contributed by atoms with Crippen molar-refractivity contribution in [3.63, 3.8) is 0 Å². The molecule has 1 amide bonds. The standard InChI is InChI=1S/C22H26N2O5S/c1-4-23(5-2)30(27,28)19-11-8-10-18(15-19)22(26)29-16(3)21(25)24-14-13-17-9-6-7-12-20(17)24/h6-12,15-16H,4-5,13-14H2,1-3H3/t16-/m0/s1. The van der Waals surface area contributed by atoms with Crippen LogP contribution < -0.4 is 4.90 Å². The summed E-state index contributed by atoms with van der Waals surface area (Å²) in [7, 11) is -3.70. The average Bonchev–Trinajstić information content (AvgIpc) is 3.18. The second-order valence-corrected chi connectivity index (χ2v) is 8.97. The van der Waals surface area contributed by atoms with Crippen molar-refractivity contribution in [2.24, 2.45) is 0 Å². The third-order valence-corrected chi connectivity index (χ3v) is 7.24. The van der Waals surface area contributed by atoms with Crippen molar-refractivity contribution in [3.8, 4) is 0 Å². The number of nitrogens with zero attached hydrogens (tertiary/aromatic N) is 2. The van der Waals surface area contributed by atoms with Gasteiger partial charge in [0.05, 0.1) is 10.5 Å². The quantitative estimate of drug-likeness (QED) is 0.631. The summed E-state index contributed by atoms with van der Waals surface area (Å²) in [4.78, 5) is 27.1. The second kappa shape index (κ2) is 8.97. The summed E-state index contributed by atoms with van der Waals surface area (Å²) in [5.74, 6) is -1.04. The Morgan fingerprint density at radius 3 is 2.50 bits per heavy atom. The van der Waals surface area contributed by atoms with Crippen LogP contribution in [0.2, 0.25) is 0 Å². The number of carbonyl (C=O) groups is 2. The molecule has 0 saturated heterocycles. The van der Waals surface area contributed by atoms with Crippen LogP contribution in [0.3, 0.4) is 0 Å². The first-order chi connectivity index (χ1) is 14.3. The number of ether oxygens (including phenoxy) is 1. The molecule has 0 spiro atoms. The maximum absolute atomic E-state index is 12.8. The second-order valence-electron chi connectivity index (χ2n) is 7.03. The monoisotopic (exact) mass is 430 g/mol. The summed E-state index contributed by atoms with van der Waals surface area (Å²) in [6, 6.07) is 13.3. The van der Waals surface area contributed by atoms with Crippen LogP contribution >= 0.6 is 0 Å². The van der Waals surface area contributed by atoms with Gasteiger partial charge in [-0.25, -0.2) is 13.2 Å². The lowest BCUT2D eigenvalue weighted by Gasteiger charge is -2.22. The first kappa shape index (κ1) is 22.0. The van der Waals surface area contributed by atoms with Gasteiger partial charge in [-0.05, 0) is 43.2 Å². The third-order valence-electron chi connectivity index (χ3n) is 5.20. The van der Waals surface area contributed by atoms with E-state index >= 15 is 0 Å². The highest BCUT2D eigenvalue weighted by Crippen LogP contribution is 2.28. The maximum atomic E-state index is 12.8. The summed E-state index contributed by atoms with van der Waals surface area (Å²) in [6.45, 7) is 6.23. The maximum Gasteiger partial charge on any atom is 0.338 e. The molecule has 1 atom stereocenters. The van der Waals surface area contributed by atoms with Crippen LogP contribution in [0, 0.1) is 0 Å². The Bertz CT molecular complexity index is 1050. The lowest BCUT2D eigenvalue weighted by Crippen LogP contribution is -2.39. The summed E-state index contributed by atoms with van der Waals surface area (Å²) in [6.07, 6.45) is -0.236. The van der Waals surface area contributed by atoms with E-state index in [1.54, 1.807) is 18.7 Å². The molecule has 2 aromatic carbocycles. The van der Waals surface area contributed by atoms with Crippen LogP contribution in [0.25, 0.3) is 0 Å². The predicted octanol–water partition coefficient (Wildman–Crippen LogP) is 2.85. The molecular formula is C22H26N2O5S. The molecule has 0 unspecified atom stereocenters. The molecule has 3 rings (SSSR count). The molecule has 0 fully saturated rings. The smallest absolute Gasteiger partial charge is 0.338 e. The average molecular weight is 431 g/mol. The zero-order valence-electron chi connectivity index (χ0n) is 17.4. The Morgan fingerprint density at radius 2 is 1.80 bits per heavy atom. The molecule has 0 saturated carbocycles. The zero-order chi connectivity index (χ0) is 21.9. The van der Waals surface area contributed by atoms with Crippen molar-refractivity contribution < 1.29 is 22.7 Å². The van der Waals surface area contributed by atoms with E-state index < -0.39 is 22.1 Å². The molecule has 1 heterocycles. The highest BCUT2D eigenvalue weighted by atomic mass is 32.2. The highest BCUT2D eigenvalue weighted by Gasteiger charge is 2.30. The number of carbonyl (C=O) groups excluding carboxylic acids is 2. The van der Waals surface area contributed by atoms with Crippen LogP contribution in [0.5, 0.6) is 0 Å². The molecule has 0 aliphatic carbocycles. The first-order valence-corrected chi connectivity index (χ1v) is 11.4. The van der Waals surface area contributed by atoms with Gasteiger partial charge in [0, 0.05) is 25.3 Å². The van der Waals surface area contributed by atoms with Crippen LogP contribution in [-0.2, 0) is 26.0 Å². The molecule has 1 aliphatic rings. The minimum Gasteiger partial charge on any atom is -0.449 e. The van der Waals surface area contributed by atoms with Crippen molar-refractivity contribution in [3.05, 3.63) is 59.7 Å². The van der Waals surface area contributed by atoms with Gasteiger partial charge in [-0.2, -0.15) is 4.31 Å². The van der Waals surface area contributed by atoms with Crippen LogP contribution in [-0.4, -0.2) is 50.3 Å². The fourth-order valence-corrected chi connectivity index (χ4v) is 5.07. The van der Waals surface area contributed by atoms with Gasteiger partial charge >= 0.3 is 5.97 Å². The number of esters is 1. The fraction of sp³-hybridized carbons (Fsp3) is 0.364. The summed E-state index contributed by atoms with van der Waals surface area (Å²) in [5, 5.41) is 0. The Hall–Kier alpha value is -2.71. The van der Waals surface area contributed by atoms with E-state index in [9.17, 15) is 18.0 Å².